The van der Waals surface area contributed by atoms with Gasteiger partial charge >= 0.3 is 5.97 Å². The molecule has 1 amide bonds. The van der Waals surface area contributed by atoms with Gasteiger partial charge in [0, 0.05) is 35.8 Å². The summed E-state index contributed by atoms with van der Waals surface area (Å²) in [6.07, 6.45) is -0.973. The Bertz CT molecular complexity index is 1520. The third-order valence-corrected chi connectivity index (χ3v) is 8.19. The summed E-state index contributed by atoms with van der Waals surface area (Å²) < 4.78 is 14.8. The van der Waals surface area contributed by atoms with E-state index >= 15 is 0 Å². The Morgan fingerprint density at radius 1 is 0.977 bits per heavy atom. The second kappa shape index (κ2) is 14.4. The van der Waals surface area contributed by atoms with Gasteiger partial charge in [-0.25, -0.2) is 0 Å². The largest absolute Gasteiger partial charge is 0.481 e. The van der Waals surface area contributed by atoms with E-state index in [1.807, 2.05) is 72.8 Å². The van der Waals surface area contributed by atoms with Crippen LogP contribution in [-0.2, 0) is 25.7 Å². The Balaban J connectivity index is 1.35. The number of hydrogen-bond acceptors (Lipinski definition) is 9. The molecule has 1 fully saturated rings. The monoisotopic (exact) mass is 603 g/mol. The Kier molecular flexibility index (Phi) is 10.2. The van der Waals surface area contributed by atoms with Crippen LogP contribution < -0.4 is 5.32 Å². The molecule has 0 spiro atoms. The normalized spacial score (nSPS) is 20.0. The standard InChI is InChI=1S/C31H33N5O6S/c1-20-26(19-43-31-33-34-35-36(31)25-9-3-2-4-10-25)41-30(42-29(20)22-15-13-21(18-37)14-16-22)23-7-5-8-24(17-23)32-27(38)11-6-12-28(39)40/h2-5,7-10,13-17,20,26,29-30,37H,6,11-12,18-19H2,1H3,(H,32,38)(H,39,40)/t20-,26+,29+,30+/m1/s1. The maximum atomic E-state index is 12.4. The highest BCUT2D eigenvalue weighted by atomic mass is 32.2. The summed E-state index contributed by atoms with van der Waals surface area (Å²) >= 11 is 1.49. The minimum absolute atomic E-state index is 0.0399. The highest BCUT2D eigenvalue weighted by Gasteiger charge is 2.38. The molecule has 3 aromatic carbocycles. The van der Waals surface area contributed by atoms with Crippen LogP contribution in [-0.4, -0.2) is 54.2 Å². The summed E-state index contributed by atoms with van der Waals surface area (Å²) in [6, 6.07) is 24.6. The van der Waals surface area contributed by atoms with Crippen LogP contribution in [0, 0.1) is 5.92 Å². The van der Waals surface area contributed by atoms with Crippen molar-refractivity contribution in [3.8, 4) is 5.69 Å². The third kappa shape index (κ3) is 7.85. The minimum atomic E-state index is -0.930. The molecular formula is C31H33N5O6S. The fraction of sp³-hybridized carbons (Fsp3) is 0.323. The number of nitrogens with one attached hydrogen (secondary N) is 1. The number of carbonyl (C=O) groups is 2. The number of carbonyl (C=O) groups excluding carboxylic acids is 1. The number of carboxylic acid groups (broad SMARTS) is 1. The lowest BCUT2D eigenvalue weighted by atomic mass is 9.91. The first kappa shape index (κ1) is 30.4. The van der Waals surface area contributed by atoms with Gasteiger partial charge in [0.2, 0.25) is 11.1 Å². The van der Waals surface area contributed by atoms with Gasteiger partial charge < -0.3 is 25.0 Å². The van der Waals surface area contributed by atoms with E-state index in [0.29, 0.717) is 16.6 Å². The molecule has 0 unspecified atom stereocenters. The van der Waals surface area contributed by atoms with Crippen molar-refractivity contribution < 1.29 is 29.3 Å². The Hall–Kier alpha value is -4.10. The molecule has 5 rings (SSSR count). The van der Waals surface area contributed by atoms with Crippen molar-refractivity contribution in [1.29, 1.82) is 0 Å². The van der Waals surface area contributed by atoms with E-state index < -0.39 is 12.3 Å². The number of aliphatic hydroxyl groups excluding tert-OH is 1. The number of ether oxygens (including phenoxy) is 2. The molecule has 224 valence electrons. The molecule has 12 heteroatoms. The summed E-state index contributed by atoms with van der Waals surface area (Å²) in [5.74, 6) is -0.674. The SMILES string of the molecule is C[C@@H]1[C@H](CSc2nnnn2-c2ccccc2)O[C@H](c2cccc(NC(=O)CCCC(=O)O)c2)O[C@@H]1c1ccc(CO)cc1. The van der Waals surface area contributed by atoms with Crippen molar-refractivity contribution in [3.05, 3.63) is 95.6 Å². The molecule has 11 nitrogen and oxygen atoms in total. The number of anilines is 1. The van der Waals surface area contributed by atoms with Crippen molar-refractivity contribution in [1.82, 2.24) is 20.2 Å². The highest BCUT2D eigenvalue weighted by Crippen LogP contribution is 2.43. The van der Waals surface area contributed by atoms with Gasteiger partial charge in [0.1, 0.15) is 0 Å². The second-order valence-corrected chi connectivity index (χ2v) is 11.2. The zero-order chi connectivity index (χ0) is 30.2. The number of para-hydroxylation sites is 1. The summed E-state index contributed by atoms with van der Waals surface area (Å²) in [5, 5.41) is 34.1. The summed E-state index contributed by atoms with van der Waals surface area (Å²) in [6.45, 7) is 2.04. The van der Waals surface area contributed by atoms with E-state index in [-0.39, 0.29) is 49.9 Å². The molecule has 1 aliphatic rings. The second-order valence-electron chi connectivity index (χ2n) is 10.3. The van der Waals surface area contributed by atoms with Crippen molar-refractivity contribution in [3.63, 3.8) is 0 Å². The summed E-state index contributed by atoms with van der Waals surface area (Å²) in [5.41, 5.74) is 3.94. The van der Waals surface area contributed by atoms with Gasteiger partial charge in [-0.3, -0.25) is 9.59 Å². The van der Waals surface area contributed by atoms with Gasteiger partial charge in [-0.2, -0.15) is 4.68 Å². The molecule has 0 radical (unpaired) electrons. The number of carboxylic acids is 1. The Morgan fingerprint density at radius 3 is 2.51 bits per heavy atom. The number of nitrogens with zero attached hydrogens (tertiary/aromatic N) is 4. The van der Waals surface area contributed by atoms with Crippen LogP contribution in [0.25, 0.3) is 5.69 Å². The van der Waals surface area contributed by atoms with E-state index in [1.54, 1.807) is 10.7 Å². The summed E-state index contributed by atoms with van der Waals surface area (Å²) in [7, 11) is 0. The van der Waals surface area contributed by atoms with Crippen molar-refractivity contribution in [2.24, 2.45) is 5.92 Å². The van der Waals surface area contributed by atoms with Gasteiger partial charge in [-0.15, -0.1) is 5.10 Å². The molecule has 1 aliphatic heterocycles. The molecule has 0 bridgehead atoms. The van der Waals surface area contributed by atoms with Gasteiger partial charge in [-0.05, 0) is 52.2 Å². The van der Waals surface area contributed by atoms with Crippen LogP contribution in [0.15, 0.2) is 84.0 Å². The number of aromatic nitrogens is 4. The predicted molar refractivity (Wildman–Crippen MR) is 159 cm³/mol. The lowest BCUT2D eigenvalue weighted by Gasteiger charge is -2.41. The molecular weight excluding hydrogens is 570 g/mol. The number of rotatable bonds is 12. The quantitative estimate of drug-likeness (QED) is 0.190. The number of amides is 1. The predicted octanol–water partition coefficient (Wildman–Crippen LogP) is 4.93. The smallest absolute Gasteiger partial charge is 0.303 e. The van der Waals surface area contributed by atoms with E-state index in [4.69, 9.17) is 14.6 Å². The zero-order valence-electron chi connectivity index (χ0n) is 23.6. The van der Waals surface area contributed by atoms with E-state index in [9.17, 15) is 14.7 Å². The first-order valence-electron chi connectivity index (χ1n) is 14.0. The maximum Gasteiger partial charge on any atom is 0.303 e. The number of hydrogen-bond donors (Lipinski definition) is 3. The summed E-state index contributed by atoms with van der Waals surface area (Å²) in [4.78, 5) is 23.2. The molecule has 2 heterocycles. The van der Waals surface area contributed by atoms with E-state index in [0.717, 1.165) is 22.4 Å². The highest BCUT2D eigenvalue weighted by molar-refractivity contribution is 7.99. The zero-order valence-corrected chi connectivity index (χ0v) is 24.4. The van der Waals surface area contributed by atoms with Crippen LogP contribution in [0.4, 0.5) is 5.69 Å². The number of tetrazole rings is 1. The van der Waals surface area contributed by atoms with Gasteiger partial charge in [-0.1, -0.05) is 73.3 Å². The molecule has 4 aromatic rings. The average Bonchev–Trinajstić information content (AvgIpc) is 3.50. The molecule has 4 atom stereocenters. The topological polar surface area (TPSA) is 149 Å². The van der Waals surface area contributed by atoms with Gasteiger partial charge in [0.25, 0.3) is 0 Å². The van der Waals surface area contributed by atoms with Gasteiger partial charge in [0.05, 0.1) is 24.5 Å². The maximum absolute atomic E-state index is 12.4. The molecule has 1 saturated heterocycles. The number of aliphatic carboxylic acids is 1. The van der Waals surface area contributed by atoms with Crippen LogP contribution in [0.2, 0.25) is 0 Å². The fourth-order valence-corrected chi connectivity index (χ4v) is 5.91. The molecule has 1 aromatic heterocycles. The number of benzene rings is 3. The molecule has 0 aliphatic carbocycles. The Morgan fingerprint density at radius 2 is 1.77 bits per heavy atom. The fourth-order valence-electron chi connectivity index (χ4n) is 4.85. The van der Waals surface area contributed by atoms with Crippen molar-refractivity contribution in [2.75, 3.05) is 11.1 Å². The van der Waals surface area contributed by atoms with E-state index in [2.05, 4.69) is 27.8 Å². The van der Waals surface area contributed by atoms with Gasteiger partial charge in [0.15, 0.2) is 6.29 Å². The van der Waals surface area contributed by atoms with Crippen molar-refractivity contribution in [2.45, 2.75) is 56.4 Å². The molecule has 0 saturated carbocycles. The number of aliphatic hydroxyl groups is 1. The first-order valence-corrected chi connectivity index (χ1v) is 15.0. The van der Waals surface area contributed by atoms with Crippen LogP contribution in [0.3, 0.4) is 0 Å². The molecule has 43 heavy (non-hydrogen) atoms. The van der Waals surface area contributed by atoms with Crippen LogP contribution in [0.5, 0.6) is 0 Å². The van der Waals surface area contributed by atoms with Crippen LogP contribution >= 0.6 is 11.8 Å². The third-order valence-electron chi connectivity index (χ3n) is 7.18. The number of thioether (sulfide) groups is 1. The molecule has 3 N–H and O–H groups in total. The first-order chi connectivity index (χ1) is 20.9. The van der Waals surface area contributed by atoms with E-state index in [1.165, 1.54) is 11.8 Å². The average molecular weight is 604 g/mol. The van der Waals surface area contributed by atoms with Crippen molar-refractivity contribution >= 4 is 29.3 Å². The lowest BCUT2D eigenvalue weighted by molar-refractivity contribution is -0.268. The van der Waals surface area contributed by atoms with Crippen LogP contribution in [0.1, 0.15) is 55.3 Å². The minimum Gasteiger partial charge on any atom is -0.481 e. The lowest BCUT2D eigenvalue weighted by Crippen LogP contribution is -2.38. The Labute approximate surface area is 253 Å².